The zero-order valence-corrected chi connectivity index (χ0v) is 10.7. The summed E-state index contributed by atoms with van der Waals surface area (Å²) in [7, 11) is 1.32. The summed E-state index contributed by atoms with van der Waals surface area (Å²) in [6.45, 7) is 0. The van der Waals surface area contributed by atoms with Gasteiger partial charge in [0, 0.05) is 12.0 Å². The van der Waals surface area contributed by atoms with Crippen LogP contribution in [-0.2, 0) is 6.42 Å². The van der Waals surface area contributed by atoms with E-state index in [-0.39, 0.29) is 23.3 Å². The molecule has 2 aromatic carbocycles. The normalized spacial score (nSPS) is 12.2. The van der Waals surface area contributed by atoms with Gasteiger partial charge in [-0.3, -0.25) is 0 Å². The van der Waals surface area contributed by atoms with Gasteiger partial charge in [0.1, 0.15) is 11.6 Å². The summed E-state index contributed by atoms with van der Waals surface area (Å²) >= 11 is 0. The Kier molecular flexibility index (Phi) is 4.29. The van der Waals surface area contributed by atoms with Gasteiger partial charge in [0.05, 0.1) is 13.2 Å². The van der Waals surface area contributed by atoms with Gasteiger partial charge in [-0.05, 0) is 29.8 Å². The Labute approximate surface area is 114 Å². The maximum atomic E-state index is 13.5. The van der Waals surface area contributed by atoms with Crippen LogP contribution in [0.5, 0.6) is 5.75 Å². The molecule has 2 rings (SSSR count). The summed E-state index contributed by atoms with van der Waals surface area (Å²) in [5, 5.41) is 9.97. The SMILES string of the molecule is COc1ccc(C(O)Cc2c(F)cccc2F)cc1F. The molecule has 5 heteroatoms. The van der Waals surface area contributed by atoms with Gasteiger partial charge >= 0.3 is 0 Å². The van der Waals surface area contributed by atoms with Crippen molar-refractivity contribution in [1.29, 1.82) is 0 Å². The minimum absolute atomic E-state index is 0.0398. The van der Waals surface area contributed by atoms with Crippen molar-refractivity contribution in [2.24, 2.45) is 0 Å². The van der Waals surface area contributed by atoms with Crippen molar-refractivity contribution < 1.29 is 23.0 Å². The zero-order chi connectivity index (χ0) is 14.7. The summed E-state index contributed by atoms with van der Waals surface area (Å²) < 4.78 is 45.2. The number of halogens is 3. The van der Waals surface area contributed by atoms with Crippen molar-refractivity contribution in [2.75, 3.05) is 7.11 Å². The van der Waals surface area contributed by atoms with Crippen molar-refractivity contribution in [2.45, 2.75) is 12.5 Å². The second-order valence-electron chi connectivity index (χ2n) is 4.31. The molecule has 2 aromatic rings. The van der Waals surface area contributed by atoms with Crippen LogP contribution in [0.3, 0.4) is 0 Å². The maximum Gasteiger partial charge on any atom is 0.165 e. The maximum absolute atomic E-state index is 13.5. The first-order valence-corrected chi connectivity index (χ1v) is 5.97. The predicted molar refractivity (Wildman–Crippen MR) is 68.0 cm³/mol. The van der Waals surface area contributed by atoms with Gasteiger partial charge < -0.3 is 9.84 Å². The lowest BCUT2D eigenvalue weighted by atomic mass is 10.0. The van der Waals surface area contributed by atoms with E-state index in [1.807, 2.05) is 0 Å². The van der Waals surface area contributed by atoms with Gasteiger partial charge in [-0.25, -0.2) is 13.2 Å². The van der Waals surface area contributed by atoms with Crippen LogP contribution in [0, 0.1) is 17.5 Å². The van der Waals surface area contributed by atoms with E-state index in [1.54, 1.807) is 0 Å². The van der Waals surface area contributed by atoms with Crippen LogP contribution in [0.2, 0.25) is 0 Å². The van der Waals surface area contributed by atoms with Crippen molar-refractivity contribution in [3.8, 4) is 5.75 Å². The molecule has 0 amide bonds. The molecular weight excluding hydrogens is 269 g/mol. The van der Waals surface area contributed by atoms with Gasteiger partial charge in [-0.15, -0.1) is 0 Å². The second kappa shape index (κ2) is 5.96. The number of aliphatic hydroxyl groups is 1. The Hall–Kier alpha value is -2.01. The van der Waals surface area contributed by atoms with Crippen molar-refractivity contribution in [1.82, 2.24) is 0 Å². The Morgan fingerprint density at radius 1 is 1.05 bits per heavy atom. The molecule has 0 spiro atoms. The highest BCUT2D eigenvalue weighted by Crippen LogP contribution is 2.25. The van der Waals surface area contributed by atoms with Gasteiger partial charge in [0.25, 0.3) is 0 Å². The highest BCUT2D eigenvalue weighted by Gasteiger charge is 2.16. The molecule has 0 aliphatic rings. The van der Waals surface area contributed by atoms with E-state index in [2.05, 4.69) is 0 Å². The number of hydrogen-bond acceptors (Lipinski definition) is 2. The third-order valence-corrected chi connectivity index (χ3v) is 3.02. The fourth-order valence-electron chi connectivity index (χ4n) is 1.93. The van der Waals surface area contributed by atoms with Crippen LogP contribution in [0.15, 0.2) is 36.4 Å². The molecular formula is C15H13F3O2. The molecule has 0 fully saturated rings. The van der Waals surface area contributed by atoms with E-state index in [0.717, 1.165) is 18.2 Å². The van der Waals surface area contributed by atoms with Crippen LogP contribution in [0.4, 0.5) is 13.2 Å². The van der Waals surface area contributed by atoms with E-state index in [4.69, 9.17) is 4.74 Å². The molecule has 0 saturated carbocycles. The van der Waals surface area contributed by atoms with E-state index >= 15 is 0 Å². The topological polar surface area (TPSA) is 29.5 Å². The first-order valence-electron chi connectivity index (χ1n) is 5.97. The minimum Gasteiger partial charge on any atom is -0.494 e. The van der Waals surface area contributed by atoms with Gasteiger partial charge in [0.15, 0.2) is 11.6 Å². The molecule has 0 bridgehead atoms. The lowest BCUT2D eigenvalue weighted by Gasteiger charge is -2.13. The molecule has 106 valence electrons. The van der Waals surface area contributed by atoms with Crippen LogP contribution in [-0.4, -0.2) is 12.2 Å². The molecule has 1 unspecified atom stereocenters. The average Bonchev–Trinajstić information content (AvgIpc) is 2.42. The first-order chi connectivity index (χ1) is 9.52. The second-order valence-corrected chi connectivity index (χ2v) is 4.31. The molecule has 0 aromatic heterocycles. The molecule has 1 atom stereocenters. The lowest BCUT2D eigenvalue weighted by Crippen LogP contribution is -2.06. The zero-order valence-electron chi connectivity index (χ0n) is 10.7. The number of aliphatic hydroxyl groups excluding tert-OH is 1. The summed E-state index contributed by atoms with van der Waals surface area (Å²) in [6.07, 6.45) is -1.48. The van der Waals surface area contributed by atoms with E-state index in [9.17, 15) is 18.3 Å². The fraction of sp³-hybridized carbons (Fsp3) is 0.200. The van der Waals surface area contributed by atoms with E-state index in [1.165, 1.54) is 25.3 Å². The number of ether oxygens (including phenoxy) is 1. The standard InChI is InChI=1S/C15H13F3O2/c1-20-15-6-5-9(7-13(15)18)14(19)8-10-11(16)3-2-4-12(10)17/h2-7,14,19H,8H2,1H3. The predicted octanol–water partition coefficient (Wildman–Crippen LogP) is 3.39. The Morgan fingerprint density at radius 2 is 1.70 bits per heavy atom. The molecule has 0 aliphatic heterocycles. The number of rotatable bonds is 4. The first kappa shape index (κ1) is 14.4. The fourth-order valence-corrected chi connectivity index (χ4v) is 1.93. The largest absolute Gasteiger partial charge is 0.494 e. The Balaban J connectivity index is 2.24. The number of benzene rings is 2. The van der Waals surface area contributed by atoms with Crippen LogP contribution in [0.25, 0.3) is 0 Å². The van der Waals surface area contributed by atoms with Crippen molar-refractivity contribution >= 4 is 0 Å². The molecule has 0 aliphatic carbocycles. The van der Waals surface area contributed by atoms with Crippen LogP contribution in [0.1, 0.15) is 17.2 Å². The molecule has 2 nitrogen and oxygen atoms in total. The Bertz CT molecular complexity index is 594. The molecule has 1 N–H and O–H groups in total. The Morgan fingerprint density at radius 3 is 2.25 bits per heavy atom. The van der Waals surface area contributed by atoms with Gasteiger partial charge in [-0.2, -0.15) is 0 Å². The average molecular weight is 282 g/mol. The van der Waals surface area contributed by atoms with Crippen molar-refractivity contribution in [3.05, 3.63) is 65.0 Å². The molecule has 0 radical (unpaired) electrons. The summed E-state index contributed by atoms with van der Waals surface area (Å²) in [5.74, 6) is -2.08. The lowest BCUT2D eigenvalue weighted by molar-refractivity contribution is 0.175. The molecule has 0 heterocycles. The van der Waals surface area contributed by atoms with Gasteiger partial charge in [0.2, 0.25) is 0 Å². The van der Waals surface area contributed by atoms with Gasteiger partial charge in [-0.1, -0.05) is 12.1 Å². The van der Waals surface area contributed by atoms with Crippen LogP contribution >= 0.6 is 0 Å². The monoisotopic (exact) mass is 282 g/mol. The quantitative estimate of drug-likeness (QED) is 0.931. The third-order valence-electron chi connectivity index (χ3n) is 3.02. The van der Waals surface area contributed by atoms with E-state index in [0.29, 0.717) is 0 Å². The molecule has 20 heavy (non-hydrogen) atoms. The summed E-state index contributed by atoms with van der Waals surface area (Å²) in [4.78, 5) is 0. The number of methoxy groups -OCH3 is 1. The smallest absolute Gasteiger partial charge is 0.165 e. The van der Waals surface area contributed by atoms with E-state index < -0.39 is 23.6 Å². The third kappa shape index (κ3) is 2.93. The van der Waals surface area contributed by atoms with Crippen LogP contribution < -0.4 is 4.74 Å². The highest BCUT2D eigenvalue weighted by molar-refractivity contribution is 5.31. The minimum atomic E-state index is -1.21. The van der Waals surface area contributed by atoms with Crippen molar-refractivity contribution in [3.63, 3.8) is 0 Å². The highest BCUT2D eigenvalue weighted by atomic mass is 19.1. The summed E-state index contributed by atoms with van der Waals surface area (Å²) in [5.41, 5.74) is 0.00202. The summed E-state index contributed by atoms with van der Waals surface area (Å²) in [6, 6.07) is 7.35. The molecule has 0 saturated heterocycles. The number of hydrogen-bond donors (Lipinski definition) is 1.